The molecule has 0 aromatic heterocycles. The lowest BCUT2D eigenvalue weighted by molar-refractivity contribution is 0.414. The van der Waals surface area contributed by atoms with Gasteiger partial charge in [0.2, 0.25) is 0 Å². The number of nitrogen functional groups attached to an aromatic ring is 2. The Kier molecular flexibility index (Phi) is 5.40. The molecular formula is C23H22N2O. The molecule has 3 rings (SSSR count). The van der Waals surface area contributed by atoms with Gasteiger partial charge in [-0.1, -0.05) is 60.7 Å². The van der Waals surface area contributed by atoms with Gasteiger partial charge in [0, 0.05) is 16.9 Å². The van der Waals surface area contributed by atoms with Crippen molar-refractivity contribution < 1.29 is 4.74 Å². The second-order valence-electron chi connectivity index (χ2n) is 6.00. The molecule has 0 saturated carbocycles. The molecule has 3 aromatic rings. The highest BCUT2D eigenvalue weighted by Crippen LogP contribution is 2.24. The zero-order chi connectivity index (χ0) is 18.4. The number of anilines is 2. The Balaban J connectivity index is 1.78. The lowest BCUT2D eigenvalue weighted by atomic mass is 10.1. The first kappa shape index (κ1) is 17.4. The van der Waals surface area contributed by atoms with E-state index in [0.717, 1.165) is 39.4 Å². The Morgan fingerprint density at radius 1 is 0.615 bits per heavy atom. The monoisotopic (exact) mass is 342 g/mol. The van der Waals surface area contributed by atoms with Crippen LogP contribution in [0.4, 0.5) is 11.4 Å². The average Bonchev–Trinajstić information content (AvgIpc) is 2.67. The van der Waals surface area contributed by atoms with E-state index < -0.39 is 0 Å². The molecule has 130 valence electrons. The zero-order valence-corrected chi connectivity index (χ0v) is 14.7. The third kappa shape index (κ3) is 4.54. The molecule has 0 amide bonds. The van der Waals surface area contributed by atoms with Crippen LogP contribution < -0.4 is 16.2 Å². The quantitative estimate of drug-likeness (QED) is 0.495. The first-order valence-electron chi connectivity index (χ1n) is 8.39. The Morgan fingerprint density at radius 2 is 1.08 bits per heavy atom. The average molecular weight is 342 g/mol. The van der Waals surface area contributed by atoms with Crippen LogP contribution in [0.1, 0.15) is 22.3 Å². The summed E-state index contributed by atoms with van der Waals surface area (Å²) in [5.41, 5.74) is 17.2. The van der Waals surface area contributed by atoms with Crippen molar-refractivity contribution in [3.05, 3.63) is 89.0 Å². The van der Waals surface area contributed by atoms with Gasteiger partial charge in [-0.15, -0.1) is 0 Å². The van der Waals surface area contributed by atoms with E-state index in [0.29, 0.717) is 0 Å². The highest BCUT2D eigenvalue weighted by atomic mass is 16.5. The van der Waals surface area contributed by atoms with E-state index in [1.165, 1.54) is 0 Å². The number of hydrogen-bond donors (Lipinski definition) is 2. The summed E-state index contributed by atoms with van der Waals surface area (Å²) < 4.78 is 5.54. The third-order valence-corrected chi connectivity index (χ3v) is 4.05. The number of ether oxygens (including phenoxy) is 1. The molecule has 0 saturated heterocycles. The maximum absolute atomic E-state index is 5.72. The highest BCUT2D eigenvalue weighted by Gasteiger charge is 2.01. The largest absolute Gasteiger partial charge is 0.496 e. The SMILES string of the molecule is COc1cc(/C=C/c2ccc(N)cc2)ccc1/C=C/c1ccc(N)cc1. The van der Waals surface area contributed by atoms with E-state index in [2.05, 4.69) is 24.3 Å². The van der Waals surface area contributed by atoms with Crippen LogP contribution in [-0.2, 0) is 0 Å². The molecule has 0 heterocycles. The van der Waals surface area contributed by atoms with E-state index >= 15 is 0 Å². The van der Waals surface area contributed by atoms with Crippen molar-refractivity contribution in [1.29, 1.82) is 0 Å². The first-order valence-corrected chi connectivity index (χ1v) is 8.39. The minimum absolute atomic E-state index is 0.761. The fourth-order valence-corrected chi connectivity index (χ4v) is 2.56. The van der Waals surface area contributed by atoms with E-state index in [9.17, 15) is 0 Å². The molecule has 0 fully saturated rings. The molecule has 0 aliphatic heterocycles. The Morgan fingerprint density at radius 3 is 1.62 bits per heavy atom. The lowest BCUT2D eigenvalue weighted by Gasteiger charge is -2.06. The van der Waals surface area contributed by atoms with Crippen LogP contribution in [0, 0.1) is 0 Å². The number of nitrogens with two attached hydrogens (primary N) is 2. The first-order chi connectivity index (χ1) is 12.6. The Labute approximate surface area is 154 Å². The van der Waals surface area contributed by atoms with Gasteiger partial charge in [0.05, 0.1) is 7.11 Å². The molecular weight excluding hydrogens is 320 g/mol. The minimum atomic E-state index is 0.761. The molecule has 3 nitrogen and oxygen atoms in total. The summed E-state index contributed by atoms with van der Waals surface area (Å²) in [6, 6.07) is 21.7. The van der Waals surface area contributed by atoms with Crippen LogP contribution in [0.25, 0.3) is 24.3 Å². The number of hydrogen-bond acceptors (Lipinski definition) is 3. The fraction of sp³-hybridized carbons (Fsp3) is 0.0435. The van der Waals surface area contributed by atoms with Crippen LogP contribution in [0.5, 0.6) is 5.75 Å². The number of methoxy groups -OCH3 is 1. The van der Waals surface area contributed by atoms with Gasteiger partial charge in [-0.05, 0) is 47.0 Å². The second kappa shape index (κ2) is 8.08. The maximum atomic E-state index is 5.72. The van der Waals surface area contributed by atoms with Gasteiger partial charge in [-0.3, -0.25) is 0 Å². The fourth-order valence-electron chi connectivity index (χ4n) is 2.56. The minimum Gasteiger partial charge on any atom is -0.496 e. The molecule has 3 aromatic carbocycles. The molecule has 0 bridgehead atoms. The van der Waals surface area contributed by atoms with Crippen LogP contribution in [0.3, 0.4) is 0 Å². The van der Waals surface area contributed by atoms with Crippen molar-refractivity contribution >= 4 is 35.7 Å². The predicted molar refractivity (Wildman–Crippen MR) is 113 cm³/mol. The van der Waals surface area contributed by atoms with E-state index in [1.54, 1.807) is 7.11 Å². The molecule has 0 atom stereocenters. The highest BCUT2D eigenvalue weighted by molar-refractivity contribution is 5.76. The molecule has 0 spiro atoms. The van der Waals surface area contributed by atoms with E-state index in [1.807, 2.05) is 66.7 Å². The van der Waals surface area contributed by atoms with Gasteiger partial charge in [0.25, 0.3) is 0 Å². The van der Waals surface area contributed by atoms with Crippen molar-refractivity contribution in [3.8, 4) is 5.75 Å². The number of rotatable bonds is 5. The normalized spacial score (nSPS) is 11.3. The van der Waals surface area contributed by atoms with Crippen molar-refractivity contribution in [2.24, 2.45) is 0 Å². The zero-order valence-electron chi connectivity index (χ0n) is 14.7. The molecule has 26 heavy (non-hydrogen) atoms. The van der Waals surface area contributed by atoms with Gasteiger partial charge < -0.3 is 16.2 Å². The lowest BCUT2D eigenvalue weighted by Crippen LogP contribution is -1.88. The van der Waals surface area contributed by atoms with Crippen molar-refractivity contribution in [1.82, 2.24) is 0 Å². The molecule has 3 heteroatoms. The van der Waals surface area contributed by atoms with Crippen LogP contribution in [-0.4, -0.2) is 7.11 Å². The Bertz CT molecular complexity index is 923. The van der Waals surface area contributed by atoms with Gasteiger partial charge in [-0.25, -0.2) is 0 Å². The smallest absolute Gasteiger partial charge is 0.126 e. The third-order valence-electron chi connectivity index (χ3n) is 4.05. The molecule has 0 aliphatic carbocycles. The summed E-state index contributed by atoms with van der Waals surface area (Å²) in [4.78, 5) is 0. The van der Waals surface area contributed by atoms with Crippen molar-refractivity contribution in [2.45, 2.75) is 0 Å². The van der Waals surface area contributed by atoms with Crippen molar-refractivity contribution in [2.75, 3.05) is 18.6 Å². The van der Waals surface area contributed by atoms with E-state index in [-0.39, 0.29) is 0 Å². The standard InChI is InChI=1S/C23H22N2O/c1-26-23-16-19(3-2-17-6-12-21(24)13-7-17)5-11-20(23)10-4-18-8-14-22(25)15-9-18/h2-16H,24-25H2,1H3/b3-2+,10-4+. The summed E-state index contributed by atoms with van der Waals surface area (Å²) in [5, 5.41) is 0. The summed E-state index contributed by atoms with van der Waals surface area (Å²) in [6.07, 6.45) is 8.19. The van der Waals surface area contributed by atoms with Gasteiger partial charge in [0.15, 0.2) is 0 Å². The molecule has 4 N–H and O–H groups in total. The summed E-state index contributed by atoms with van der Waals surface area (Å²) in [7, 11) is 1.68. The van der Waals surface area contributed by atoms with Crippen LogP contribution in [0.2, 0.25) is 0 Å². The van der Waals surface area contributed by atoms with Crippen LogP contribution >= 0.6 is 0 Å². The summed E-state index contributed by atoms with van der Waals surface area (Å²) in [6.45, 7) is 0. The van der Waals surface area contributed by atoms with Gasteiger partial charge >= 0.3 is 0 Å². The predicted octanol–water partition coefficient (Wildman–Crippen LogP) is 5.20. The van der Waals surface area contributed by atoms with E-state index in [4.69, 9.17) is 16.2 Å². The summed E-state index contributed by atoms with van der Waals surface area (Å²) >= 11 is 0. The topological polar surface area (TPSA) is 61.3 Å². The molecule has 0 aliphatic rings. The molecule has 0 unspecified atom stereocenters. The maximum Gasteiger partial charge on any atom is 0.126 e. The van der Waals surface area contributed by atoms with Gasteiger partial charge in [-0.2, -0.15) is 0 Å². The van der Waals surface area contributed by atoms with Gasteiger partial charge in [0.1, 0.15) is 5.75 Å². The second-order valence-corrected chi connectivity index (χ2v) is 6.00. The number of benzene rings is 3. The summed E-state index contributed by atoms with van der Waals surface area (Å²) in [5.74, 6) is 0.830. The van der Waals surface area contributed by atoms with Crippen molar-refractivity contribution in [3.63, 3.8) is 0 Å². The Hall–Kier alpha value is -3.46. The van der Waals surface area contributed by atoms with Crippen LogP contribution in [0.15, 0.2) is 66.7 Å². The molecule has 0 radical (unpaired) electrons.